The van der Waals surface area contributed by atoms with Crippen molar-refractivity contribution in [2.75, 3.05) is 6.61 Å². The topological polar surface area (TPSA) is 96.9 Å². The van der Waals surface area contributed by atoms with Gasteiger partial charge in [0.15, 0.2) is 0 Å². The van der Waals surface area contributed by atoms with Crippen LogP contribution >= 0.6 is 0 Å². The number of aliphatic hydroxyl groups is 1. The molecule has 0 spiro atoms. The Hall–Kier alpha value is -1.92. The summed E-state index contributed by atoms with van der Waals surface area (Å²) in [7, 11) is 1.80. The zero-order chi connectivity index (χ0) is 20.2. The lowest BCUT2D eigenvalue weighted by molar-refractivity contribution is 0.262. The molecule has 0 bridgehead atoms. The van der Waals surface area contributed by atoms with Crippen molar-refractivity contribution in [1.82, 2.24) is 14.3 Å². The maximum absolute atomic E-state index is 14.4. The van der Waals surface area contributed by atoms with E-state index in [-0.39, 0.29) is 12.2 Å². The quantitative estimate of drug-likeness (QED) is 0.706. The highest BCUT2D eigenvalue weighted by Crippen LogP contribution is 2.37. The van der Waals surface area contributed by atoms with E-state index in [1.165, 1.54) is 12.1 Å². The average Bonchev–Trinajstić information content (AvgIpc) is 3.04. The first-order valence-electron chi connectivity index (χ1n) is 8.63. The third kappa shape index (κ3) is 4.50. The van der Waals surface area contributed by atoms with Crippen molar-refractivity contribution >= 4 is 11.4 Å². The number of halogens is 1. The normalized spacial score (nSPS) is 15.2. The molecule has 2 N–H and O–H groups in total. The lowest BCUT2D eigenvalue weighted by Gasteiger charge is -2.38. The highest BCUT2D eigenvalue weighted by atomic mass is 32.2. The molecule has 0 saturated heterocycles. The molecule has 1 aromatic heterocycles. The fraction of sp³-hybridized carbons (Fsp3) is 0.474. The molecule has 2 aromatic rings. The summed E-state index contributed by atoms with van der Waals surface area (Å²) in [6.45, 7) is 5.46. The average molecular weight is 393 g/mol. The largest absolute Gasteiger partial charge is 0.598 e. The number of hydrogen-bond acceptors (Lipinski definition) is 5. The van der Waals surface area contributed by atoms with Crippen LogP contribution in [-0.4, -0.2) is 30.6 Å². The van der Waals surface area contributed by atoms with E-state index in [4.69, 9.17) is 5.26 Å². The van der Waals surface area contributed by atoms with E-state index in [9.17, 15) is 14.0 Å². The third-order valence-electron chi connectivity index (χ3n) is 4.37. The molecule has 0 aliphatic heterocycles. The molecule has 0 aliphatic rings. The van der Waals surface area contributed by atoms with Gasteiger partial charge in [0, 0.05) is 25.0 Å². The molecule has 1 heterocycles. The SMILES string of the molecule is Cn1cncc1[C@](CCCO)(N[S+]([O-])C(C)(C)C)c1ccc(C#N)c(F)c1. The molecule has 8 heteroatoms. The first kappa shape index (κ1) is 21.4. The Labute approximate surface area is 162 Å². The van der Waals surface area contributed by atoms with Crippen molar-refractivity contribution in [2.24, 2.45) is 7.05 Å². The molecule has 2 atom stereocenters. The van der Waals surface area contributed by atoms with Crippen molar-refractivity contribution in [3.63, 3.8) is 0 Å². The molecule has 27 heavy (non-hydrogen) atoms. The molecule has 6 nitrogen and oxygen atoms in total. The van der Waals surface area contributed by atoms with E-state index < -0.39 is 27.5 Å². The van der Waals surface area contributed by atoms with E-state index in [1.54, 1.807) is 30.2 Å². The van der Waals surface area contributed by atoms with Gasteiger partial charge in [-0.1, -0.05) is 6.07 Å². The first-order valence-corrected chi connectivity index (χ1v) is 9.78. The molecule has 1 unspecified atom stereocenters. The highest BCUT2D eigenvalue weighted by Gasteiger charge is 2.44. The van der Waals surface area contributed by atoms with Crippen molar-refractivity contribution in [3.8, 4) is 6.07 Å². The predicted molar refractivity (Wildman–Crippen MR) is 102 cm³/mol. The number of benzene rings is 1. The Bertz CT molecular complexity index is 828. The summed E-state index contributed by atoms with van der Waals surface area (Å²) >= 11 is -1.48. The zero-order valence-corrected chi connectivity index (χ0v) is 16.8. The van der Waals surface area contributed by atoms with Gasteiger partial charge in [0.05, 0.1) is 23.8 Å². The summed E-state index contributed by atoms with van der Waals surface area (Å²) in [6, 6.07) is 6.17. The summed E-state index contributed by atoms with van der Waals surface area (Å²) < 4.78 is 31.8. The summed E-state index contributed by atoms with van der Waals surface area (Å²) in [5.41, 5.74) is 0.115. The van der Waals surface area contributed by atoms with Gasteiger partial charge in [0.1, 0.15) is 22.2 Å². The molecule has 0 aliphatic carbocycles. The Morgan fingerprint density at radius 2 is 2.11 bits per heavy atom. The van der Waals surface area contributed by atoms with E-state index in [1.807, 2.05) is 26.8 Å². The molecule has 0 radical (unpaired) electrons. The minimum atomic E-state index is -1.48. The third-order valence-corrected chi connectivity index (χ3v) is 6.02. The van der Waals surface area contributed by atoms with Gasteiger partial charge in [0.25, 0.3) is 0 Å². The maximum atomic E-state index is 14.4. The maximum Gasteiger partial charge on any atom is 0.141 e. The van der Waals surface area contributed by atoms with Crippen LogP contribution in [0.25, 0.3) is 0 Å². The Balaban J connectivity index is 2.69. The predicted octanol–water partition coefficient (Wildman–Crippen LogP) is 2.50. The number of nitriles is 1. The van der Waals surface area contributed by atoms with Crippen LogP contribution in [0.4, 0.5) is 4.39 Å². The van der Waals surface area contributed by atoms with Crippen molar-refractivity contribution in [2.45, 2.75) is 43.9 Å². The van der Waals surface area contributed by atoms with Gasteiger partial charge >= 0.3 is 0 Å². The van der Waals surface area contributed by atoms with Crippen molar-refractivity contribution in [3.05, 3.63) is 53.4 Å². The monoisotopic (exact) mass is 392 g/mol. The molecule has 0 amide bonds. The molecule has 2 rings (SSSR count). The summed E-state index contributed by atoms with van der Waals surface area (Å²) in [5, 5.41) is 18.5. The fourth-order valence-corrected chi connectivity index (χ4v) is 3.82. The number of aliphatic hydroxyl groups excluding tert-OH is 1. The molecule has 0 saturated carbocycles. The lowest BCUT2D eigenvalue weighted by atomic mass is 9.83. The second-order valence-electron chi connectivity index (χ2n) is 7.41. The van der Waals surface area contributed by atoms with E-state index in [2.05, 4.69) is 9.71 Å². The summed E-state index contributed by atoms with van der Waals surface area (Å²) in [5.74, 6) is -0.645. The van der Waals surface area contributed by atoms with E-state index in [0.29, 0.717) is 24.1 Å². The number of aromatic nitrogens is 2. The lowest BCUT2D eigenvalue weighted by Crippen LogP contribution is -2.53. The molecule has 146 valence electrons. The molecule has 1 aromatic carbocycles. The number of nitrogens with one attached hydrogen (secondary N) is 1. The van der Waals surface area contributed by atoms with Crippen LogP contribution < -0.4 is 4.72 Å². The van der Waals surface area contributed by atoms with Gasteiger partial charge in [-0.3, -0.25) is 0 Å². The molecular weight excluding hydrogens is 367 g/mol. The zero-order valence-electron chi connectivity index (χ0n) is 16.0. The van der Waals surface area contributed by atoms with Crippen LogP contribution in [0, 0.1) is 17.1 Å². The Kier molecular flexibility index (Phi) is 6.65. The Morgan fingerprint density at radius 3 is 2.59 bits per heavy atom. The molecule has 0 fully saturated rings. The van der Waals surface area contributed by atoms with Crippen LogP contribution in [0.2, 0.25) is 0 Å². The van der Waals surface area contributed by atoms with Gasteiger partial charge in [-0.25, -0.2) is 9.37 Å². The van der Waals surface area contributed by atoms with Gasteiger partial charge in [-0.05, 0) is 51.3 Å². The van der Waals surface area contributed by atoms with E-state index in [0.717, 1.165) is 0 Å². The Morgan fingerprint density at radius 1 is 1.41 bits per heavy atom. The smallest absolute Gasteiger partial charge is 0.141 e. The number of hydrogen-bond donors (Lipinski definition) is 2. The fourth-order valence-electron chi connectivity index (χ4n) is 2.88. The minimum Gasteiger partial charge on any atom is -0.598 e. The number of rotatable bonds is 7. The van der Waals surface area contributed by atoms with E-state index >= 15 is 0 Å². The van der Waals surface area contributed by atoms with Crippen LogP contribution in [0.3, 0.4) is 0 Å². The van der Waals surface area contributed by atoms with Gasteiger partial charge in [-0.15, -0.1) is 4.72 Å². The number of aryl methyl sites for hydroxylation is 1. The number of nitrogens with zero attached hydrogens (tertiary/aromatic N) is 3. The van der Waals surface area contributed by atoms with Crippen LogP contribution in [0.5, 0.6) is 0 Å². The summed E-state index contributed by atoms with van der Waals surface area (Å²) in [4.78, 5) is 4.16. The van der Waals surface area contributed by atoms with Crippen molar-refractivity contribution in [1.29, 1.82) is 5.26 Å². The van der Waals surface area contributed by atoms with Crippen molar-refractivity contribution < 1.29 is 14.0 Å². The summed E-state index contributed by atoms with van der Waals surface area (Å²) in [6.07, 6.45) is 4.03. The first-order chi connectivity index (χ1) is 12.7. The minimum absolute atomic E-state index is 0.0586. The number of imidazole rings is 1. The van der Waals surface area contributed by atoms with Crippen LogP contribution in [0.1, 0.15) is 50.4 Å². The standard InChI is InChI=1S/C19H25FN4O2S/c1-18(2,3)27(26)23-19(8-5-9-25,17-12-22-13-24(17)4)15-7-6-14(11-21)16(20)10-15/h6-7,10,12-13,23,25H,5,8-9H2,1-4H3/t19-,27?/m1/s1. The van der Waals surface area contributed by atoms with Crippen LogP contribution in [-0.2, 0) is 23.9 Å². The second-order valence-corrected chi connectivity index (χ2v) is 9.38. The highest BCUT2D eigenvalue weighted by molar-refractivity contribution is 7.90. The van der Waals surface area contributed by atoms with Gasteiger partial charge in [-0.2, -0.15) is 5.26 Å². The second kappa shape index (κ2) is 8.40. The van der Waals surface area contributed by atoms with Gasteiger partial charge < -0.3 is 14.2 Å². The van der Waals surface area contributed by atoms with Crippen LogP contribution in [0.15, 0.2) is 30.7 Å². The molecular formula is C19H25FN4O2S. The van der Waals surface area contributed by atoms with Gasteiger partial charge in [0.2, 0.25) is 0 Å².